The molecule has 0 saturated heterocycles. The van der Waals surface area contributed by atoms with Gasteiger partial charge >= 0.3 is 0 Å². The lowest BCUT2D eigenvalue weighted by atomic mass is 10.3. The van der Waals surface area contributed by atoms with Crippen LogP contribution in [0.5, 0.6) is 0 Å². The fraction of sp³-hybridized carbons (Fsp3) is 0. The summed E-state index contributed by atoms with van der Waals surface area (Å²) >= 11 is 1.39. The number of thiazole rings is 1. The number of carbonyl (C=O) groups is 1. The van der Waals surface area contributed by atoms with Crippen LogP contribution in [0.25, 0.3) is 10.2 Å². The van der Waals surface area contributed by atoms with E-state index in [1.165, 1.54) is 23.5 Å². The van der Waals surface area contributed by atoms with Gasteiger partial charge in [0.2, 0.25) is 5.56 Å². The molecule has 3 rings (SSSR count). The molecule has 0 radical (unpaired) electrons. The van der Waals surface area contributed by atoms with Crippen LogP contribution in [0.2, 0.25) is 0 Å². The summed E-state index contributed by atoms with van der Waals surface area (Å²) in [5.74, 6) is -0.378. The van der Waals surface area contributed by atoms with Crippen LogP contribution >= 0.6 is 11.3 Å². The molecule has 2 heterocycles. The molecule has 2 aromatic heterocycles. The van der Waals surface area contributed by atoms with Gasteiger partial charge in [0.15, 0.2) is 5.13 Å². The molecular weight excluding hydrogens is 262 g/mol. The number of nitrogens with one attached hydrogen (secondary N) is 2. The summed E-state index contributed by atoms with van der Waals surface area (Å²) in [6, 6.07) is 12.1. The molecule has 0 atom stereocenters. The first-order valence-corrected chi connectivity index (χ1v) is 6.40. The van der Waals surface area contributed by atoms with Crippen molar-refractivity contribution in [3.8, 4) is 0 Å². The molecule has 0 aliphatic rings. The van der Waals surface area contributed by atoms with Gasteiger partial charge in [-0.05, 0) is 18.2 Å². The first-order chi connectivity index (χ1) is 9.22. The third-order valence-corrected chi connectivity index (χ3v) is 3.48. The average Bonchev–Trinajstić information content (AvgIpc) is 2.80. The SMILES string of the molecule is O=C(Nc1nc2ccccc2s1)c1cccc(=O)[nH]1. The largest absolute Gasteiger partial charge is 0.318 e. The number of hydrogen-bond donors (Lipinski definition) is 2. The van der Waals surface area contributed by atoms with Gasteiger partial charge in [0, 0.05) is 6.07 Å². The van der Waals surface area contributed by atoms with Crippen LogP contribution in [0.4, 0.5) is 5.13 Å². The van der Waals surface area contributed by atoms with Crippen molar-refractivity contribution in [2.45, 2.75) is 0 Å². The highest BCUT2D eigenvalue weighted by Gasteiger charge is 2.10. The summed E-state index contributed by atoms with van der Waals surface area (Å²) in [5.41, 5.74) is 0.744. The lowest BCUT2D eigenvalue weighted by Crippen LogP contribution is -2.17. The fourth-order valence-electron chi connectivity index (χ4n) is 1.67. The van der Waals surface area contributed by atoms with Gasteiger partial charge in [-0.15, -0.1) is 0 Å². The molecular formula is C13H9N3O2S. The number of amides is 1. The van der Waals surface area contributed by atoms with Crippen molar-refractivity contribution in [1.29, 1.82) is 0 Å². The Bertz CT molecular complexity index is 774. The molecule has 6 heteroatoms. The predicted octanol–water partition coefficient (Wildman–Crippen LogP) is 2.24. The molecule has 94 valence electrons. The Hall–Kier alpha value is -2.47. The zero-order valence-electron chi connectivity index (χ0n) is 9.71. The van der Waals surface area contributed by atoms with Crippen LogP contribution in [0.15, 0.2) is 47.3 Å². The highest BCUT2D eigenvalue weighted by Crippen LogP contribution is 2.25. The molecule has 0 spiro atoms. The number of aromatic amines is 1. The maximum Gasteiger partial charge on any atom is 0.273 e. The summed E-state index contributed by atoms with van der Waals surface area (Å²) in [5, 5.41) is 3.18. The van der Waals surface area contributed by atoms with E-state index < -0.39 is 0 Å². The standard InChI is InChI=1S/C13H9N3O2S/c17-11-7-3-5-9(14-11)12(18)16-13-15-8-4-1-2-6-10(8)19-13/h1-7H,(H,14,17)(H,15,16,18). The number of aromatic nitrogens is 2. The second-order valence-electron chi connectivity index (χ2n) is 3.87. The minimum atomic E-state index is -0.378. The molecule has 0 aliphatic carbocycles. The van der Waals surface area contributed by atoms with Crippen molar-refractivity contribution >= 4 is 32.6 Å². The van der Waals surface area contributed by atoms with Crippen LogP contribution in [-0.4, -0.2) is 15.9 Å². The zero-order chi connectivity index (χ0) is 13.2. The Morgan fingerprint density at radius 1 is 1.16 bits per heavy atom. The fourth-order valence-corrected chi connectivity index (χ4v) is 2.53. The molecule has 0 bridgehead atoms. The van der Waals surface area contributed by atoms with Crippen molar-refractivity contribution in [1.82, 2.24) is 9.97 Å². The normalized spacial score (nSPS) is 10.5. The van der Waals surface area contributed by atoms with Crippen molar-refractivity contribution in [2.75, 3.05) is 5.32 Å². The van der Waals surface area contributed by atoms with Crippen molar-refractivity contribution in [2.24, 2.45) is 0 Å². The summed E-state index contributed by atoms with van der Waals surface area (Å²) in [7, 11) is 0. The van der Waals surface area contributed by atoms with Crippen LogP contribution in [0.3, 0.4) is 0 Å². The molecule has 0 aliphatic heterocycles. The van der Waals surface area contributed by atoms with Gasteiger partial charge in [0.1, 0.15) is 5.69 Å². The van der Waals surface area contributed by atoms with E-state index >= 15 is 0 Å². The van der Waals surface area contributed by atoms with Crippen LogP contribution in [0, 0.1) is 0 Å². The number of H-pyrrole nitrogens is 1. The minimum absolute atomic E-state index is 0.215. The van der Waals surface area contributed by atoms with Crippen LogP contribution in [0.1, 0.15) is 10.5 Å². The third-order valence-electron chi connectivity index (χ3n) is 2.53. The number of hydrogen-bond acceptors (Lipinski definition) is 4. The summed E-state index contributed by atoms with van der Waals surface area (Å²) in [6.45, 7) is 0. The van der Waals surface area contributed by atoms with Gasteiger partial charge in [-0.25, -0.2) is 4.98 Å². The molecule has 19 heavy (non-hydrogen) atoms. The minimum Gasteiger partial charge on any atom is -0.318 e. The predicted molar refractivity (Wildman–Crippen MR) is 74.6 cm³/mol. The van der Waals surface area contributed by atoms with Crippen molar-refractivity contribution in [3.63, 3.8) is 0 Å². The number of nitrogens with zero attached hydrogens (tertiary/aromatic N) is 1. The highest BCUT2D eigenvalue weighted by atomic mass is 32.1. The summed E-state index contributed by atoms with van der Waals surface area (Å²) in [6.07, 6.45) is 0. The van der Waals surface area contributed by atoms with Gasteiger partial charge in [-0.1, -0.05) is 29.5 Å². The number of pyridine rings is 1. The van der Waals surface area contributed by atoms with E-state index in [9.17, 15) is 9.59 Å². The quantitative estimate of drug-likeness (QED) is 0.750. The van der Waals surface area contributed by atoms with Gasteiger partial charge in [-0.2, -0.15) is 0 Å². The van der Waals surface area contributed by atoms with Gasteiger partial charge in [0.05, 0.1) is 10.2 Å². The molecule has 0 saturated carbocycles. The van der Waals surface area contributed by atoms with Gasteiger partial charge in [0.25, 0.3) is 5.91 Å². The van der Waals surface area contributed by atoms with Crippen LogP contribution in [-0.2, 0) is 0 Å². The number of fused-ring (bicyclic) bond motifs is 1. The molecule has 0 fully saturated rings. The number of carbonyl (C=O) groups excluding carboxylic acids is 1. The van der Waals surface area contributed by atoms with E-state index in [0.29, 0.717) is 5.13 Å². The molecule has 1 amide bonds. The second kappa shape index (κ2) is 4.66. The summed E-state index contributed by atoms with van der Waals surface area (Å²) < 4.78 is 0.999. The number of rotatable bonds is 2. The maximum absolute atomic E-state index is 11.9. The Morgan fingerprint density at radius 2 is 2.00 bits per heavy atom. The topological polar surface area (TPSA) is 74.8 Å². The van der Waals surface area contributed by atoms with E-state index in [4.69, 9.17) is 0 Å². The molecule has 2 N–H and O–H groups in total. The molecule has 5 nitrogen and oxygen atoms in total. The lowest BCUT2D eigenvalue weighted by molar-refractivity contribution is 0.102. The first-order valence-electron chi connectivity index (χ1n) is 5.59. The van der Waals surface area contributed by atoms with Crippen molar-refractivity contribution in [3.05, 3.63) is 58.5 Å². The third kappa shape index (κ3) is 2.38. The van der Waals surface area contributed by atoms with E-state index in [1.54, 1.807) is 6.07 Å². The lowest BCUT2D eigenvalue weighted by Gasteiger charge is -2.00. The average molecular weight is 271 g/mol. The van der Waals surface area contributed by atoms with Crippen LogP contribution < -0.4 is 10.9 Å². The van der Waals surface area contributed by atoms with E-state index in [-0.39, 0.29) is 17.2 Å². The second-order valence-corrected chi connectivity index (χ2v) is 4.90. The summed E-state index contributed by atoms with van der Waals surface area (Å²) in [4.78, 5) is 29.8. The highest BCUT2D eigenvalue weighted by molar-refractivity contribution is 7.22. The molecule has 3 aromatic rings. The van der Waals surface area contributed by atoms with E-state index in [2.05, 4.69) is 15.3 Å². The van der Waals surface area contributed by atoms with Crippen molar-refractivity contribution < 1.29 is 4.79 Å². The Morgan fingerprint density at radius 3 is 2.79 bits per heavy atom. The maximum atomic E-state index is 11.9. The van der Waals surface area contributed by atoms with E-state index in [0.717, 1.165) is 10.2 Å². The first kappa shape index (κ1) is 11.6. The van der Waals surface area contributed by atoms with Gasteiger partial charge in [-0.3, -0.25) is 14.9 Å². The Balaban J connectivity index is 1.88. The molecule has 1 aromatic carbocycles. The zero-order valence-corrected chi connectivity index (χ0v) is 10.5. The molecule has 0 unspecified atom stereocenters. The van der Waals surface area contributed by atoms with E-state index in [1.807, 2.05) is 24.3 Å². The number of anilines is 1. The monoisotopic (exact) mass is 271 g/mol. The Labute approximate surface area is 111 Å². The number of para-hydroxylation sites is 1. The van der Waals surface area contributed by atoms with Gasteiger partial charge < -0.3 is 4.98 Å². The Kier molecular flexibility index (Phi) is 2.85. The smallest absolute Gasteiger partial charge is 0.273 e. The number of benzene rings is 1.